The third-order valence-corrected chi connectivity index (χ3v) is 3.64. The SMILES string of the molecule is CCn1nc(C)c(Cl)c1Cn1cc(CNC(C)(C)C)nn1. The average Bonchev–Trinajstić information content (AvgIpc) is 2.95. The highest BCUT2D eigenvalue weighted by Gasteiger charge is 2.14. The lowest BCUT2D eigenvalue weighted by atomic mass is 10.1. The molecule has 116 valence electrons. The normalized spacial score (nSPS) is 12.1. The third-order valence-electron chi connectivity index (χ3n) is 3.15. The zero-order valence-electron chi connectivity index (χ0n) is 13.3. The Kier molecular flexibility index (Phi) is 4.68. The van der Waals surface area contributed by atoms with Crippen LogP contribution in [0.2, 0.25) is 5.02 Å². The zero-order valence-corrected chi connectivity index (χ0v) is 14.1. The fourth-order valence-corrected chi connectivity index (χ4v) is 2.22. The summed E-state index contributed by atoms with van der Waals surface area (Å²) in [5, 5.41) is 16.9. The molecule has 0 aliphatic heterocycles. The molecular formula is C14H23ClN6. The summed E-state index contributed by atoms with van der Waals surface area (Å²) in [5.74, 6) is 0. The van der Waals surface area contributed by atoms with Crippen LogP contribution in [0.15, 0.2) is 6.20 Å². The molecule has 0 amide bonds. The Morgan fingerprint density at radius 3 is 2.67 bits per heavy atom. The van der Waals surface area contributed by atoms with Crippen LogP contribution in [0.3, 0.4) is 0 Å². The van der Waals surface area contributed by atoms with Crippen LogP contribution in [0.1, 0.15) is 44.8 Å². The Morgan fingerprint density at radius 1 is 1.33 bits per heavy atom. The molecule has 7 heteroatoms. The lowest BCUT2D eigenvalue weighted by Crippen LogP contribution is -2.35. The minimum Gasteiger partial charge on any atom is -0.306 e. The first-order chi connectivity index (χ1) is 9.80. The largest absolute Gasteiger partial charge is 0.306 e. The maximum absolute atomic E-state index is 6.31. The Bertz CT molecular complexity index is 607. The van der Waals surface area contributed by atoms with Gasteiger partial charge < -0.3 is 5.32 Å². The van der Waals surface area contributed by atoms with E-state index in [1.807, 2.05) is 24.7 Å². The van der Waals surface area contributed by atoms with Crippen LogP contribution in [-0.2, 0) is 19.6 Å². The van der Waals surface area contributed by atoms with Gasteiger partial charge in [0, 0.05) is 18.6 Å². The molecule has 0 saturated carbocycles. The van der Waals surface area contributed by atoms with Crippen molar-refractivity contribution in [3.63, 3.8) is 0 Å². The molecule has 0 fully saturated rings. The molecule has 0 aliphatic rings. The van der Waals surface area contributed by atoms with Gasteiger partial charge in [0.05, 0.1) is 34.8 Å². The van der Waals surface area contributed by atoms with Gasteiger partial charge in [0.25, 0.3) is 0 Å². The number of hydrogen-bond donors (Lipinski definition) is 1. The summed E-state index contributed by atoms with van der Waals surface area (Å²) >= 11 is 6.31. The molecule has 2 aromatic heterocycles. The molecule has 2 aromatic rings. The minimum atomic E-state index is 0.0605. The Morgan fingerprint density at radius 2 is 2.05 bits per heavy atom. The van der Waals surface area contributed by atoms with Crippen molar-refractivity contribution < 1.29 is 0 Å². The Labute approximate surface area is 130 Å². The van der Waals surface area contributed by atoms with Gasteiger partial charge in [-0.3, -0.25) is 4.68 Å². The van der Waals surface area contributed by atoms with Gasteiger partial charge in [0.15, 0.2) is 0 Å². The lowest BCUT2D eigenvalue weighted by molar-refractivity contribution is 0.421. The molecule has 0 bridgehead atoms. The van der Waals surface area contributed by atoms with E-state index in [1.54, 1.807) is 4.68 Å². The summed E-state index contributed by atoms with van der Waals surface area (Å²) in [6, 6.07) is 0. The van der Waals surface area contributed by atoms with Crippen LogP contribution >= 0.6 is 11.6 Å². The molecule has 2 rings (SSSR count). The van der Waals surface area contributed by atoms with Crippen molar-refractivity contribution in [3.05, 3.63) is 28.3 Å². The number of hydrogen-bond acceptors (Lipinski definition) is 4. The van der Waals surface area contributed by atoms with E-state index >= 15 is 0 Å². The molecule has 0 unspecified atom stereocenters. The molecule has 21 heavy (non-hydrogen) atoms. The highest BCUT2D eigenvalue weighted by Crippen LogP contribution is 2.21. The van der Waals surface area contributed by atoms with Crippen LogP contribution in [-0.4, -0.2) is 30.3 Å². The second-order valence-electron chi connectivity index (χ2n) is 6.17. The predicted octanol–water partition coefficient (Wildman–Crippen LogP) is 2.39. The summed E-state index contributed by atoms with van der Waals surface area (Å²) in [6.07, 6.45) is 1.94. The van der Waals surface area contributed by atoms with Crippen LogP contribution in [0.5, 0.6) is 0 Å². The first kappa shape index (κ1) is 16.0. The van der Waals surface area contributed by atoms with Crippen LogP contribution in [0, 0.1) is 6.92 Å². The molecule has 0 aromatic carbocycles. The monoisotopic (exact) mass is 310 g/mol. The van der Waals surface area contributed by atoms with Gasteiger partial charge in [-0.1, -0.05) is 16.8 Å². The smallest absolute Gasteiger partial charge is 0.0965 e. The van der Waals surface area contributed by atoms with E-state index in [2.05, 4.69) is 41.5 Å². The van der Waals surface area contributed by atoms with Crippen molar-refractivity contribution in [2.24, 2.45) is 0 Å². The first-order valence-corrected chi connectivity index (χ1v) is 7.53. The topological polar surface area (TPSA) is 60.6 Å². The summed E-state index contributed by atoms with van der Waals surface area (Å²) in [4.78, 5) is 0. The number of nitrogens with zero attached hydrogens (tertiary/aromatic N) is 5. The molecule has 1 N–H and O–H groups in total. The van der Waals surface area contributed by atoms with E-state index < -0.39 is 0 Å². The van der Waals surface area contributed by atoms with Crippen molar-refractivity contribution in [1.82, 2.24) is 30.1 Å². The van der Waals surface area contributed by atoms with E-state index in [0.29, 0.717) is 18.1 Å². The fourth-order valence-electron chi connectivity index (χ4n) is 2.03. The lowest BCUT2D eigenvalue weighted by Gasteiger charge is -2.19. The summed E-state index contributed by atoms with van der Waals surface area (Å²) in [6.45, 7) is 12.4. The molecule has 6 nitrogen and oxygen atoms in total. The van der Waals surface area contributed by atoms with Gasteiger partial charge in [-0.25, -0.2) is 4.68 Å². The van der Waals surface area contributed by atoms with Crippen LogP contribution in [0.25, 0.3) is 0 Å². The fraction of sp³-hybridized carbons (Fsp3) is 0.643. The van der Waals surface area contributed by atoms with Gasteiger partial charge in [-0.05, 0) is 34.6 Å². The number of aromatic nitrogens is 5. The Hall–Kier alpha value is -1.40. The summed E-state index contributed by atoms with van der Waals surface area (Å²) in [7, 11) is 0. The van der Waals surface area contributed by atoms with Crippen molar-refractivity contribution >= 4 is 11.6 Å². The molecule has 0 aliphatic carbocycles. The van der Waals surface area contributed by atoms with Gasteiger partial charge >= 0.3 is 0 Å². The Balaban J connectivity index is 2.09. The van der Waals surface area contributed by atoms with E-state index in [1.165, 1.54) is 0 Å². The van der Waals surface area contributed by atoms with Crippen molar-refractivity contribution in [3.8, 4) is 0 Å². The number of rotatable bonds is 5. The molecule has 0 radical (unpaired) electrons. The van der Waals surface area contributed by atoms with Gasteiger partial charge in [-0.15, -0.1) is 5.10 Å². The molecule has 0 spiro atoms. The maximum atomic E-state index is 6.31. The first-order valence-electron chi connectivity index (χ1n) is 7.16. The van der Waals surface area contributed by atoms with E-state index in [9.17, 15) is 0 Å². The standard InChI is InChI=1S/C14H23ClN6/c1-6-21-12(13(15)10(2)18-21)9-20-8-11(17-19-20)7-16-14(3,4)5/h8,16H,6-7,9H2,1-5H3. The zero-order chi connectivity index (χ0) is 15.6. The van der Waals surface area contributed by atoms with Gasteiger partial charge in [0.1, 0.15) is 0 Å². The quantitative estimate of drug-likeness (QED) is 0.921. The average molecular weight is 311 g/mol. The highest BCUT2D eigenvalue weighted by molar-refractivity contribution is 6.31. The number of nitrogens with one attached hydrogen (secondary N) is 1. The summed E-state index contributed by atoms with van der Waals surface area (Å²) < 4.78 is 3.71. The molecule has 0 atom stereocenters. The van der Waals surface area contributed by atoms with Gasteiger partial charge in [-0.2, -0.15) is 5.10 Å². The second kappa shape index (κ2) is 6.15. The molecular weight excluding hydrogens is 288 g/mol. The second-order valence-corrected chi connectivity index (χ2v) is 6.55. The third kappa shape index (κ3) is 4.04. The predicted molar refractivity (Wildman–Crippen MR) is 83.4 cm³/mol. The van der Waals surface area contributed by atoms with Gasteiger partial charge in [0.2, 0.25) is 0 Å². The van der Waals surface area contributed by atoms with E-state index in [0.717, 1.165) is 23.6 Å². The molecule has 2 heterocycles. The van der Waals surface area contributed by atoms with Crippen molar-refractivity contribution in [2.45, 2.75) is 59.8 Å². The van der Waals surface area contributed by atoms with E-state index in [4.69, 9.17) is 11.6 Å². The number of halogens is 1. The minimum absolute atomic E-state index is 0.0605. The number of aryl methyl sites for hydroxylation is 2. The maximum Gasteiger partial charge on any atom is 0.0965 e. The molecule has 0 saturated heterocycles. The van der Waals surface area contributed by atoms with Crippen molar-refractivity contribution in [2.75, 3.05) is 0 Å². The van der Waals surface area contributed by atoms with E-state index in [-0.39, 0.29) is 5.54 Å². The summed E-state index contributed by atoms with van der Waals surface area (Å²) in [5.41, 5.74) is 2.80. The van der Waals surface area contributed by atoms with Crippen molar-refractivity contribution in [1.29, 1.82) is 0 Å². The van der Waals surface area contributed by atoms with Crippen LogP contribution < -0.4 is 5.32 Å². The van der Waals surface area contributed by atoms with Crippen LogP contribution in [0.4, 0.5) is 0 Å². The highest BCUT2D eigenvalue weighted by atomic mass is 35.5.